The smallest absolute Gasteiger partial charge is 0.315 e. The lowest BCUT2D eigenvalue weighted by Gasteiger charge is -2.26. The van der Waals surface area contributed by atoms with Crippen LogP contribution in [0.2, 0.25) is 0 Å². The Labute approximate surface area is 153 Å². The molecule has 5 nitrogen and oxygen atoms in total. The number of benzene rings is 2. The molecule has 134 valence electrons. The Balaban J connectivity index is 1.41. The van der Waals surface area contributed by atoms with Gasteiger partial charge in [0, 0.05) is 19.6 Å². The average Bonchev–Trinajstić information content (AvgIpc) is 2.72. The second-order valence-corrected chi connectivity index (χ2v) is 6.21. The molecule has 26 heavy (non-hydrogen) atoms. The normalized spacial score (nSPS) is 13.7. The minimum atomic E-state index is -0.334. The van der Waals surface area contributed by atoms with E-state index >= 15 is 0 Å². The molecular weight excluding hydrogens is 326 g/mol. The van der Waals surface area contributed by atoms with Crippen molar-refractivity contribution in [3.05, 3.63) is 77.9 Å². The highest BCUT2D eigenvalue weighted by Crippen LogP contribution is 2.21. The van der Waals surface area contributed by atoms with Crippen LogP contribution >= 0.6 is 0 Å². The first-order valence-corrected chi connectivity index (χ1v) is 8.80. The summed E-state index contributed by atoms with van der Waals surface area (Å²) in [4.78, 5) is 25.9. The van der Waals surface area contributed by atoms with Gasteiger partial charge in [-0.3, -0.25) is 4.79 Å². The predicted molar refractivity (Wildman–Crippen MR) is 102 cm³/mol. The third kappa shape index (κ3) is 4.96. The lowest BCUT2D eigenvalue weighted by Crippen LogP contribution is -2.44. The number of nitrogens with zero attached hydrogens (tertiary/aromatic N) is 1. The molecule has 2 aromatic carbocycles. The summed E-state index contributed by atoms with van der Waals surface area (Å²) >= 11 is 0. The quantitative estimate of drug-likeness (QED) is 0.872. The summed E-state index contributed by atoms with van der Waals surface area (Å²) in [6, 6.07) is 19.5. The third-order valence-corrected chi connectivity index (χ3v) is 4.40. The minimum Gasteiger partial charge on any atom is -0.337 e. The van der Waals surface area contributed by atoms with Crippen molar-refractivity contribution in [1.82, 2.24) is 15.5 Å². The van der Waals surface area contributed by atoms with Crippen LogP contribution in [-0.4, -0.2) is 36.5 Å². The molecule has 0 saturated heterocycles. The highest BCUT2D eigenvalue weighted by molar-refractivity contribution is 5.84. The van der Waals surface area contributed by atoms with Gasteiger partial charge in [0.15, 0.2) is 0 Å². The van der Waals surface area contributed by atoms with Crippen molar-refractivity contribution in [1.29, 1.82) is 0 Å². The van der Waals surface area contributed by atoms with Gasteiger partial charge in [-0.15, -0.1) is 0 Å². The first-order valence-electron chi connectivity index (χ1n) is 8.80. The Morgan fingerprint density at radius 3 is 2.27 bits per heavy atom. The topological polar surface area (TPSA) is 61.4 Å². The Bertz CT molecular complexity index is 772. The Morgan fingerprint density at radius 2 is 1.62 bits per heavy atom. The van der Waals surface area contributed by atoms with Crippen molar-refractivity contribution < 1.29 is 9.59 Å². The Kier molecular flexibility index (Phi) is 6.04. The van der Waals surface area contributed by atoms with E-state index in [1.807, 2.05) is 48.5 Å². The summed E-state index contributed by atoms with van der Waals surface area (Å²) in [5.74, 6) is -0.0665. The largest absolute Gasteiger partial charge is 0.337 e. The van der Waals surface area contributed by atoms with E-state index in [1.165, 1.54) is 11.1 Å². The van der Waals surface area contributed by atoms with E-state index in [0.717, 1.165) is 12.0 Å². The van der Waals surface area contributed by atoms with Crippen LogP contribution in [0.4, 0.5) is 4.79 Å². The molecule has 3 rings (SSSR count). The summed E-state index contributed by atoms with van der Waals surface area (Å²) < 4.78 is 0. The van der Waals surface area contributed by atoms with Crippen molar-refractivity contribution in [3.63, 3.8) is 0 Å². The number of hydrogen-bond donors (Lipinski definition) is 2. The summed E-state index contributed by atoms with van der Waals surface area (Å²) in [6.45, 7) is 1.70. The third-order valence-electron chi connectivity index (χ3n) is 4.40. The van der Waals surface area contributed by atoms with Crippen LogP contribution in [0.3, 0.4) is 0 Å². The van der Waals surface area contributed by atoms with Gasteiger partial charge >= 0.3 is 6.03 Å². The van der Waals surface area contributed by atoms with Crippen LogP contribution in [0.1, 0.15) is 17.5 Å². The molecule has 0 aliphatic carbocycles. The molecule has 1 aliphatic rings. The van der Waals surface area contributed by atoms with Gasteiger partial charge in [0.1, 0.15) is 0 Å². The molecule has 0 atom stereocenters. The molecule has 0 spiro atoms. The van der Waals surface area contributed by atoms with E-state index in [9.17, 15) is 9.59 Å². The van der Waals surface area contributed by atoms with Gasteiger partial charge in [-0.1, -0.05) is 66.7 Å². The molecule has 0 radical (unpaired) electrons. The monoisotopic (exact) mass is 349 g/mol. The van der Waals surface area contributed by atoms with Crippen LogP contribution in [0.5, 0.6) is 0 Å². The number of carbonyl (C=O) groups is 2. The van der Waals surface area contributed by atoms with Crippen molar-refractivity contribution in [2.75, 3.05) is 19.6 Å². The van der Waals surface area contributed by atoms with Crippen molar-refractivity contribution >= 4 is 17.5 Å². The SMILES string of the molecule is O=C(NCC(=O)N1CC=C(c2ccccc2)CC1)NCc1ccccc1. The molecule has 3 amide bonds. The molecule has 0 aromatic heterocycles. The van der Waals surface area contributed by atoms with Crippen molar-refractivity contribution in [3.8, 4) is 0 Å². The van der Waals surface area contributed by atoms with Gasteiger partial charge in [0.05, 0.1) is 6.54 Å². The second-order valence-electron chi connectivity index (χ2n) is 6.21. The molecule has 1 heterocycles. The van der Waals surface area contributed by atoms with Gasteiger partial charge in [0.25, 0.3) is 0 Å². The van der Waals surface area contributed by atoms with Gasteiger partial charge in [-0.25, -0.2) is 4.79 Å². The highest BCUT2D eigenvalue weighted by Gasteiger charge is 2.18. The number of carbonyl (C=O) groups excluding carboxylic acids is 2. The van der Waals surface area contributed by atoms with Crippen molar-refractivity contribution in [2.45, 2.75) is 13.0 Å². The van der Waals surface area contributed by atoms with E-state index in [1.54, 1.807) is 4.90 Å². The number of nitrogens with one attached hydrogen (secondary N) is 2. The summed E-state index contributed by atoms with van der Waals surface area (Å²) in [5, 5.41) is 5.38. The maximum absolute atomic E-state index is 12.3. The van der Waals surface area contributed by atoms with Gasteiger partial charge in [-0.05, 0) is 23.1 Å². The van der Waals surface area contributed by atoms with Crippen LogP contribution in [0, 0.1) is 0 Å². The maximum Gasteiger partial charge on any atom is 0.315 e. The summed E-state index contributed by atoms with van der Waals surface area (Å²) in [6.07, 6.45) is 2.92. The highest BCUT2D eigenvalue weighted by atomic mass is 16.2. The molecular formula is C21H23N3O2. The number of amides is 3. The molecule has 2 N–H and O–H groups in total. The molecule has 0 unspecified atom stereocenters. The summed E-state index contributed by atoms with van der Waals surface area (Å²) in [7, 11) is 0. The lowest BCUT2D eigenvalue weighted by atomic mass is 9.99. The zero-order valence-corrected chi connectivity index (χ0v) is 14.7. The van der Waals surface area contributed by atoms with Crippen LogP contribution in [0.15, 0.2) is 66.7 Å². The molecule has 2 aromatic rings. The lowest BCUT2D eigenvalue weighted by molar-refractivity contribution is -0.129. The number of hydrogen-bond acceptors (Lipinski definition) is 2. The van der Waals surface area contributed by atoms with Crippen molar-refractivity contribution in [2.24, 2.45) is 0 Å². The van der Waals surface area contributed by atoms with Gasteiger partial charge in [-0.2, -0.15) is 0 Å². The zero-order valence-electron chi connectivity index (χ0n) is 14.7. The van der Waals surface area contributed by atoms with E-state index < -0.39 is 0 Å². The average molecular weight is 349 g/mol. The molecule has 0 saturated carbocycles. The fourth-order valence-corrected chi connectivity index (χ4v) is 2.92. The maximum atomic E-state index is 12.3. The van der Waals surface area contributed by atoms with Crippen LogP contribution in [-0.2, 0) is 11.3 Å². The second kappa shape index (κ2) is 8.85. The molecule has 0 fully saturated rings. The van der Waals surface area contributed by atoms with E-state index in [0.29, 0.717) is 19.6 Å². The van der Waals surface area contributed by atoms with Gasteiger partial charge < -0.3 is 15.5 Å². The minimum absolute atomic E-state index is 0.00906. The van der Waals surface area contributed by atoms with Crippen LogP contribution < -0.4 is 10.6 Å². The Hall–Kier alpha value is -3.08. The van der Waals surface area contributed by atoms with E-state index in [2.05, 4.69) is 28.8 Å². The fraction of sp³-hybridized carbons (Fsp3) is 0.238. The Morgan fingerprint density at radius 1 is 0.923 bits per heavy atom. The first kappa shape index (κ1) is 17.7. The van der Waals surface area contributed by atoms with Crippen LogP contribution in [0.25, 0.3) is 5.57 Å². The number of rotatable bonds is 5. The molecule has 5 heteroatoms. The fourth-order valence-electron chi connectivity index (χ4n) is 2.92. The molecule has 0 bridgehead atoms. The molecule has 1 aliphatic heterocycles. The van der Waals surface area contributed by atoms with Gasteiger partial charge in [0.2, 0.25) is 5.91 Å². The first-order chi connectivity index (χ1) is 12.7. The number of urea groups is 1. The summed E-state index contributed by atoms with van der Waals surface area (Å²) in [5.41, 5.74) is 3.49. The zero-order chi connectivity index (χ0) is 18.2. The van der Waals surface area contributed by atoms with E-state index in [-0.39, 0.29) is 18.5 Å². The standard InChI is InChI=1S/C21H23N3O2/c25-20(16-23-21(26)22-15-17-7-3-1-4-8-17)24-13-11-19(12-14-24)18-9-5-2-6-10-18/h1-11H,12-16H2,(H2,22,23,26). The predicted octanol–water partition coefficient (Wildman–Crippen LogP) is 2.80. The van der Waals surface area contributed by atoms with E-state index in [4.69, 9.17) is 0 Å².